The van der Waals surface area contributed by atoms with Crippen LogP contribution in [0, 0.1) is 0 Å². The zero-order valence-electron chi connectivity index (χ0n) is 7.82. The van der Waals surface area contributed by atoms with Crippen LogP contribution >= 0.6 is 0 Å². The van der Waals surface area contributed by atoms with Crippen LogP contribution in [0.15, 0.2) is 24.3 Å². The number of aromatic carboxylic acids is 2. The monoisotopic (exact) mass is 268 g/mol. The van der Waals surface area contributed by atoms with Gasteiger partial charge >= 0.3 is 69.5 Å². The van der Waals surface area contributed by atoms with E-state index in [9.17, 15) is 9.59 Å². The van der Waals surface area contributed by atoms with Crippen molar-refractivity contribution in [3.63, 3.8) is 0 Å². The van der Waals surface area contributed by atoms with E-state index in [1.807, 2.05) is 0 Å². The molecule has 0 bridgehead atoms. The van der Waals surface area contributed by atoms with E-state index < -0.39 is 18.1 Å². The standard InChI is InChI=1S/C8H6O4.CH2O3.K.H/c9-7(10)5-3-1-2-4-6(5)8(11)12;2-1(3)4;;/h1-4H,(H,9,10)(H,11,12);(H2,2,3,4);;. The molecule has 0 heterocycles. The minimum atomic E-state index is -1.83. The summed E-state index contributed by atoms with van der Waals surface area (Å²) in [7, 11) is 0. The predicted molar refractivity (Wildman–Crippen MR) is 58.2 cm³/mol. The molecule has 0 radical (unpaired) electrons. The molecule has 0 atom stereocenters. The third-order valence-corrected chi connectivity index (χ3v) is 1.39. The summed E-state index contributed by atoms with van der Waals surface area (Å²) in [6.07, 6.45) is -1.83. The van der Waals surface area contributed by atoms with Gasteiger partial charge in [-0.3, -0.25) is 0 Å². The fourth-order valence-electron chi connectivity index (χ4n) is 0.856. The van der Waals surface area contributed by atoms with Gasteiger partial charge in [0.15, 0.2) is 0 Å². The van der Waals surface area contributed by atoms with Crippen LogP contribution in [0.4, 0.5) is 4.79 Å². The van der Waals surface area contributed by atoms with E-state index in [0.29, 0.717) is 0 Å². The molecule has 4 N–H and O–H groups in total. The van der Waals surface area contributed by atoms with Crippen molar-refractivity contribution >= 4 is 69.5 Å². The van der Waals surface area contributed by atoms with Crippen molar-refractivity contribution in [3.05, 3.63) is 35.4 Å². The molecule has 88 valence electrons. The van der Waals surface area contributed by atoms with Gasteiger partial charge < -0.3 is 20.4 Å². The maximum atomic E-state index is 10.5. The Morgan fingerprint density at radius 3 is 1.18 bits per heavy atom. The molecule has 1 aromatic rings. The van der Waals surface area contributed by atoms with Crippen molar-refractivity contribution in [2.24, 2.45) is 0 Å². The van der Waals surface area contributed by atoms with E-state index in [2.05, 4.69) is 0 Å². The average Bonchev–Trinajstić information content (AvgIpc) is 2.16. The zero-order valence-corrected chi connectivity index (χ0v) is 7.82. The summed E-state index contributed by atoms with van der Waals surface area (Å²) >= 11 is 0. The molecule has 0 aliphatic carbocycles. The van der Waals surface area contributed by atoms with Gasteiger partial charge in [-0.2, -0.15) is 0 Å². The van der Waals surface area contributed by atoms with Crippen molar-refractivity contribution < 1.29 is 34.8 Å². The van der Waals surface area contributed by atoms with E-state index >= 15 is 0 Å². The summed E-state index contributed by atoms with van der Waals surface area (Å²) < 4.78 is 0. The second-order valence-electron chi connectivity index (χ2n) is 2.44. The normalized spacial score (nSPS) is 8.00. The first-order chi connectivity index (χ1) is 7.36. The second-order valence-corrected chi connectivity index (χ2v) is 2.44. The maximum absolute atomic E-state index is 10.5. The molecule has 1 aromatic carbocycles. The molecule has 0 aromatic heterocycles. The Hall–Kier alpha value is -0.934. The number of hydrogen-bond donors (Lipinski definition) is 4. The molecule has 0 amide bonds. The Morgan fingerprint density at radius 1 is 0.765 bits per heavy atom. The van der Waals surface area contributed by atoms with Gasteiger partial charge in [0.1, 0.15) is 0 Å². The Morgan fingerprint density at radius 2 is 1.00 bits per heavy atom. The first-order valence-corrected chi connectivity index (χ1v) is 3.83. The van der Waals surface area contributed by atoms with Gasteiger partial charge in [0.25, 0.3) is 0 Å². The molecule has 0 spiro atoms. The summed E-state index contributed by atoms with van der Waals surface area (Å²) in [5.41, 5.74) is -0.380. The van der Waals surface area contributed by atoms with Gasteiger partial charge in [0.2, 0.25) is 0 Å². The topological polar surface area (TPSA) is 132 Å². The summed E-state index contributed by atoms with van der Waals surface area (Å²) in [6, 6.07) is 5.48. The molecule has 0 saturated carbocycles. The van der Waals surface area contributed by atoms with Crippen LogP contribution in [0.3, 0.4) is 0 Å². The summed E-state index contributed by atoms with van der Waals surface area (Å²) in [5.74, 6) is -2.46. The van der Waals surface area contributed by atoms with Gasteiger partial charge in [-0.1, -0.05) is 12.1 Å². The van der Waals surface area contributed by atoms with Crippen LogP contribution in [-0.2, 0) is 0 Å². The fourth-order valence-corrected chi connectivity index (χ4v) is 0.856. The van der Waals surface area contributed by atoms with E-state index in [1.54, 1.807) is 0 Å². The quantitative estimate of drug-likeness (QED) is 0.579. The van der Waals surface area contributed by atoms with E-state index in [-0.39, 0.29) is 62.5 Å². The number of carboxylic acid groups (broad SMARTS) is 4. The molecule has 0 aliphatic rings. The Labute approximate surface area is 138 Å². The first kappa shape index (κ1) is 18.4. The molecule has 8 heteroatoms. The van der Waals surface area contributed by atoms with Gasteiger partial charge in [-0.25, -0.2) is 14.4 Å². The van der Waals surface area contributed by atoms with Crippen molar-refractivity contribution in [3.8, 4) is 0 Å². The predicted octanol–water partition coefficient (Wildman–Crippen LogP) is 0.657. The summed E-state index contributed by atoms with van der Waals surface area (Å²) in [4.78, 5) is 29.5. The Kier molecular flexibility index (Phi) is 9.90. The third-order valence-electron chi connectivity index (χ3n) is 1.39. The molecule has 0 unspecified atom stereocenters. The van der Waals surface area contributed by atoms with Crippen LogP contribution in [0.1, 0.15) is 20.7 Å². The van der Waals surface area contributed by atoms with Gasteiger partial charge in [-0.05, 0) is 12.1 Å². The van der Waals surface area contributed by atoms with Gasteiger partial charge in [-0.15, -0.1) is 0 Å². The molecule has 17 heavy (non-hydrogen) atoms. The molecular weight excluding hydrogens is 259 g/mol. The van der Waals surface area contributed by atoms with Gasteiger partial charge in [0, 0.05) is 0 Å². The SMILES string of the molecule is O=C(O)O.O=C(O)c1ccccc1C(=O)O.[KH]. The van der Waals surface area contributed by atoms with Crippen molar-refractivity contribution in [2.75, 3.05) is 0 Å². The second kappa shape index (κ2) is 9.13. The fraction of sp³-hybridized carbons (Fsp3) is 0. The number of carboxylic acids is 2. The molecule has 0 fully saturated rings. The zero-order chi connectivity index (χ0) is 12.7. The number of carbonyl (C=O) groups is 3. The molecule has 0 aliphatic heterocycles. The number of rotatable bonds is 2. The van der Waals surface area contributed by atoms with Crippen LogP contribution in [0.25, 0.3) is 0 Å². The molecule has 7 nitrogen and oxygen atoms in total. The van der Waals surface area contributed by atoms with Crippen LogP contribution < -0.4 is 0 Å². The summed E-state index contributed by atoms with van der Waals surface area (Å²) in [5, 5.41) is 31.0. The minimum absolute atomic E-state index is 0. The first-order valence-electron chi connectivity index (χ1n) is 3.83. The molecular formula is C9H9KO7. The van der Waals surface area contributed by atoms with Crippen molar-refractivity contribution in [2.45, 2.75) is 0 Å². The van der Waals surface area contributed by atoms with Crippen LogP contribution in [0.5, 0.6) is 0 Å². The van der Waals surface area contributed by atoms with Crippen LogP contribution in [-0.4, -0.2) is 89.9 Å². The summed E-state index contributed by atoms with van der Waals surface area (Å²) in [6.45, 7) is 0. The van der Waals surface area contributed by atoms with Crippen molar-refractivity contribution in [1.82, 2.24) is 0 Å². The van der Waals surface area contributed by atoms with E-state index in [1.165, 1.54) is 24.3 Å². The van der Waals surface area contributed by atoms with Gasteiger partial charge in [0.05, 0.1) is 11.1 Å². The molecule has 1 rings (SSSR count). The Balaban J connectivity index is 0. The third kappa shape index (κ3) is 7.88. The average molecular weight is 268 g/mol. The Bertz CT molecular complexity index is 379. The number of hydrogen-bond acceptors (Lipinski definition) is 3. The van der Waals surface area contributed by atoms with Crippen LogP contribution in [0.2, 0.25) is 0 Å². The number of benzene rings is 1. The molecule has 0 saturated heterocycles. The van der Waals surface area contributed by atoms with E-state index in [4.69, 9.17) is 25.2 Å². The van der Waals surface area contributed by atoms with Crippen molar-refractivity contribution in [1.29, 1.82) is 0 Å². The van der Waals surface area contributed by atoms with E-state index in [0.717, 1.165) is 0 Å².